The van der Waals surface area contributed by atoms with Crippen LogP contribution in [-0.4, -0.2) is 31.0 Å². The van der Waals surface area contributed by atoms with Crippen LogP contribution in [-0.2, 0) is 4.79 Å². The summed E-state index contributed by atoms with van der Waals surface area (Å²) in [5, 5.41) is 6.00. The van der Waals surface area contributed by atoms with Crippen LogP contribution in [0, 0.1) is 11.7 Å². The maximum Gasteiger partial charge on any atom is 0.251 e. The zero-order chi connectivity index (χ0) is 19.8. The van der Waals surface area contributed by atoms with E-state index >= 15 is 0 Å². The Balaban J connectivity index is 1.85. The molecule has 2 aromatic rings. The lowest BCUT2D eigenvalue weighted by Gasteiger charge is -2.22. The lowest BCUT2D eigenvalue weighted by Crippen LogP contribution is -2.50. The third-order valence-corrected chi connectivity index (χ3v) is 4.04. The number of rotatable bonds is 8. The molecule has 5 nitrogen and oxygen atoms in total. The summed E-state index contributed by atoms with van der Waals surface area (Å²) in [5.74, 6) is -0.677. The van der Waals surface area contributed by atoms with Gasteiger partial charge < -0.3 is 15.4 Å². The highest BCUT2D eigenvalue weighted by molar-refractivity contribution is 6.30. The molecule has 0 aliphatic carbocycles. The number of hydrogen-bond acceptors (Lipinski definition) is 3. The van der Waals surface area contributed by atoms with Crippen LogP contribution in [0.15, 0.2) is 48.5 Å². The molecule has 144 valence electrons. The Kier molecular flexibility index (Phi) is 7.61. The number of carbonyl (C=O) groups is 2. The number of carbonyl (C=O) groups excluding carboxylic acids is 2. The molecule has 0 radical (unpaired) electrons. The molecular formula is C20H22ClFN2O3. The van der Waals surface area contributed by atoms with Gasteiger partial charge in [-0.25, -0.2) is 4.39 Å². The second kappa shape index (κ2) is 9.92. The van der Waals surface area contributed by atoms with Gasteiger partial charge in [-0.15, -0.1) is 0 Å². The Morgan fingerprint density at radius 3 is 2.48 bits per heavy atom. The van der Waals surface area contributed by atoms with Gasteiger partial charge in [0, 0.05) is 10.6 Å². The van der Waals surface area contributed by atoms with E-state index in [0.29, 0.717) is 16.3 Å². The summed E-state index contributed by atoms with van der Waals surface area (Å²) < 4.78 is 18.5. The third-order valence-electron chi connectivity index (χ3n) is 3.81. The normalized spacial score (nSPS) is 11.7. The van der Waals surface area contributed by atoms with E-state index in [4.69, 9.17) is 16.3 Å². The van der Waals surface area contributed by atoms with Crippen molar-refractivity contribution in [1.82, 2.24) is 10.6 Å². The van der Waals surface area contributed by atoms with Crippen LogP contribution in [0.3, 0.4) is 0 Å². The molecule has 0 saturated heterocycles. The Morgan fingerprint density at radius 1 is 1.15 bits per heavy atom. The molecule has 27 heavy (non-hydrogen) atoms. The number of benzene rings is 2. The van der Waals surface area contributed by atoms with Gasteiger partial charge in [0.05, 0.1) is 6.54 Å². The Bertz CT molecular complexity index is 781. The third kappa shape index (κ3) is 6.57. The molecule has 0 aliphatic heterocycles. The van der Waals surface area contributed by atoms with E-state index in [9.17, 15) is 14.0 Å². The summed E-state index contributed by atoms with van der Waals surface area (Å²) in [6, 6.07) is 11.4. The molecule has 0 aromatic heterocycles. The standard InChI is InChI=1S/C20H22ClFN2O3/c1-13(2)18(24-19(25)14-6-8-16(22)9-7-14)20(26)23-10-11-27-17-5-3-4-15(21)12-17/h3-9,12-13,18H,10-11H2,1-2H3,(H,23,26)(H,24,25). The van der Waals surface area contributed by atoms with Gasteiger partial charge in [0.1, 0.15) is 24.2 Å². The molecule has 0 aliphatic rings. The van der Waals surface area contributed by atoms with Gasteiger partial charge in [0.15, 0.2) is 0 Å². The average molecular weight is 393 g/mol. The highest BCUT2D eigenvalue weighted by Crippen LogP contribution is 2.16. The topological polar surface area (TPSA) is 67.4 Å². The molecule has 0 heterocycles. The van der Waals surface area contributed by atoms with E-state index < -0.39 is 17.8 Å². The fourth-order valence-electron chi connectivity index (χ4n) is 2.37. The monoisotopic (exact) mass is 392 g/mol. The van der Waals surface area contributed by atoms with Crippen LogP contribution in [0.2, 0.25) is 5.02 Å². The van der Waals surface area contributed by atoms with E-state index in [0.717, 1.165) is 0 Å². The van der Waals surface area contributed by atoms with E-state index in [1.165, 1.54) is 24.3 Å². The van der Waals surface area contributed by atoms with Crippen LogP contribution in [0.25, 0.3) is 0 Å². The predicted molar refractivity (Wildman–Crippen MR) is 102 cm³/mol. The first-order chi connectivity index (χ1) is 12.9. The van der Waals surface area contributed by atoms with E-state index in [1.807, 2.05) is 13.8 Å². The van der Waals surface area contributed by atoms with Crippen molar-refractivity contribution >= 4 is 23.4 Å². The van der Waals surface area contributed by atoms with Crippen molar-refractivity contribution in [3.8, 4) is 5.75 Å². The lowest BCUT2D eigenvalue weighted by atomic mass is 10.0. The predicted octanol–water partition coefficient (Wildman–Crippen LogP) is 3.43. The number of amides is 2. The van der Waals surface area contributed by atoms with Crippen LogP contribution >= 0.6 is 11.6 Å². The van der Waals surface area contributed by atoms with Crippen LogP contribution < -0.4 is 15.4 Å². The van der Waals surface area contributed by atoms with Gasteiger partial charge in [-0.3, -0.25) is 9.59 Å². The first kappa shape index (κ1) is 20.7. The first-order valence-electron chi connectivity index (χ1n) is 8.59. The molecule has 2 N–H and O–H groups in total. The summed E-state index contributed by atoms with van der Waals surface area (Å²) >= 11 is 5.88. The minimum atomic E-state index is -0.714. The minimum absolute atomic E-state index is 0.122. The Hall–Kier alpha value is -2.60. The summed E-state index contributed by atoms with van der Waals surface area (Å²) in [5.41, 5.74) is 0.291. The molecule has 0 spiro atoms. The molecule has 2 rings (SSSR count). The van der Waals surface area contributed by atoms with Gasteiger partial charge in [-0.1, -0.05) is 31.5 Å². The molecular weight excluding hydrogens is 371 g/mol. The summed E-state index contributed by atoms with van der Waals surface area (Å²) in [7, 11) is 0. The number of ether oxygens (including phenoxy) is 1. The van der Waals surface area contributed by atoms with Gasteiger partial charge in [-0.2, -0.15) is 0 Å². The average Bonchev–Trinajstić information content (AvgIpc) is 2.63. The van der Waals surface area contributed by atoms with Crippen LogP contribution in [0.5, 0.6) is 5.75 Å². The number of nitrogens with one attached hydrogen (secondary N) is 2. The van der Waals surface area contributed by atoms with Crippen molar-refractivity contribution in [2.24, 2.45) is 5.92 Å². The first-order valence-corrected chi connectivity index (χ1v) is 8.97. The summed E-state index contributed by atoms with van der Waals surface area (Å²) in [6.07, 6.45) is 0. The van der Waals surface area contributed by atoms with Crippen LogP contribution in [0.1, 0.15) is 24.2 Å². The zero-order valence-electron chi connectivity index (χ0n) is 15.2. The van der Waals surface area contributed by atoms with Crippen molar-refractivity contribution < 1.29 is 18.7 Å². The quantitative estimate of drug-likeness (QED) is 0.676. The molecule has 1 atom stereocenters. The number of halogens is 2. The zero-order valence-corrected chi connectivity index (χ0v) is 15.9. The van der Waals surface area contributed by atoms with Crippen LogP contribution in [0.4, 0.5) is 4.39 Å². The Morgan fingerprint density at radius 2 is 1.85 bits per heavy atom. The highest BCUT2D eigenvalue weighted by Gasteiger charge is 2.24. The second-order valence-corrected chi connectivity index (χ2v) is 6.74. The largest absolute Gasteiger partial charge is 0.492 e. The fourth-order valence-corrected chi connectivity index (χ4v) is 2.55. The van der Waals surface area contributed by atoms with Gasteiger partial charge >= 0.3 is 0 Å². The molecule has 2 aromatic carbocycles. The van der Waals surface area contributed by atoms with Gasteiger partial charge in [0.2, 0.25) is 5.91 Å². The second-order valence-electron chi connectivity index (χ2n) is 6.30. The van der Waals surface area contributed by atoms with Crippen molar-refractivity contribution in [2.75, 3.05) is 13.2 Å². The van der Waals surface area contributed by atoms with E-state index in [2.05, 4.69) is 10.6 Å². The van der Waals surface area contributed by atoms with Crippen molar-refractivity contribution in [1.29, 1.82) is 0 Å². The molecule has 0 bridgehead atoms. The maximum atomic E-state index is 13.0. The highest BCUT2D eigenvalue weighted by atomic mass is 35.5. The molecule has 1 unspecified atom stereocenters. The summed E-state index contributed by atoms with van der Waals surface area (Å²) in [4.78, 5) is 24.7. The van der Waals surface area contributed by atoms with Crippen molar-refractivity contribution in [3.63, 3.8) is 0 Å². The van der Waals surface area contributed by atoms with Gasteiger partial charge in [0.25, 0.3) is 5.91 Å². The molecule has 7 heteroatoms. The maximum absolute atomic E-state index is 13.0. The fraction of sp³-hybridized carbons (Fsp3) is 0.300. The summed E-state index contributed by atoms with van der Waals surface area (Å²) in [6.45, 7) is 4.21. The van der Waals surface area contributed by atoms with Crippen molar-refractivity contribution in [2.45, 2.75) is 19.9 Å². The van der Waals surface area contributed by atoms with E-state index in [1.54, 1.807) is 24.3 Å². The molecule has 0 saturated carbocycles. The SMILES string of the molecule is CC(C)C(NC(=O)c1ccc(F)cc1)C(=O)NCCOc1cccc(Cl)c1. The van der Waals surface area contributed by atoms with E-state index in [-0.39, 0.29) is 25.0 Å². The number of hydrogen-bond donors (Lipinski definition) is 2. The molecule has 0 fully saturated rings. The lowest BCUT2D eigenvalue weighted by molar-refractivity contribution is -0.124. The minimum Gasteiger partial charge on any atom is -0.492 e. The molecule has 2 amide bonds. The Labute approximate surface area is 162 Å². The van der Waals surface area contributed by atoms with Crippen molar-refractivity contribution in [3.05, 3.63) is 64.9 Å². The smallest absolute Gasteiger partial charge is 0.251 e. The van der Waals surface area contributed by atoms with Gasteiger partial charge in [-0.05, 0) is 48.4 Å².